The van der Waals surface area contributed by atoms with E-state index in [-0.39, 0.29) is 0 Å². The number of anilines is 1. The van der Waals surface area contributed by atoms with Crippen molar-refractivity contribution in [1.82, 2.24) is 15.6 Å². The monoisotopic (exact) mass is 373 g/mol. The normalized spacial score (nSPS) is 19.1. The first-order valence-corrected chi connectivity index (χ1v) is 10.6. The highest BCUT2D eigenvalue weighted by atomic mass is 16.5. The number of aromatic nitrogens is 1. The summed E-state index contributed by atoms with van der Waals surface area (Å²) in [5.74, 6) is 1.91. The van der Waals surface area contributed by atoms with Crippen LogP contribution in [0.25, 0.3) is 0 Å². The van der Waals surface area contributed by atoms with Gasteiger partial charge in [0, 0.05) is 39.4 Å². The molecular formula is C21H35N5O. The molecule has 6 heteroatoms. The minimum Gasteiger partial charge on any atom is -0.376 e. The third-order valence-corrected chi connectivity index (χ3v) is 5.47. The summed E-state index contributed by atoms with van der Waals surface area (Å²) in [6.45, 7) is 4.50. The summed E-state index contributed by atoms with van der Waals surface area (Å²) in [5, 5.41) is 6.74. The molecule has 1 saturated carbocycles. The van der Waals surface area contributed by atoms with Crippen LogP contribution in [0.15, 0.2) is 23.3 Å². The number of ether oxygens (including phenoxy) is 1. The van der Waals surface area contributed by atoms with Crippen LogP contribution in [0.3, 0.4) is 0 Å². The van der Waals surface area contributed by atoms with Gasteiger partial charge in [-0.05, 0) is 43.4 Å². The van der Waals surface area contributed by atoms with Gasteiger partial charge < -0.3 is 20.3 Å². The molecule has 0 spiro atoms. The van der Waals surface area contributed by atoms with Crippen molar-refractivity contribution >= 4 is 11.8 Å². The second kappa shape index (κ2) is 11.1. The van der Waals surface area contributed by atoms with Gasteiger partial charge in [-0.15, -0.1) is 0 Å². The van der Waals surface area contributed by atoms with Crippen molar-refractivity contribution in [3.05, 3.63) is 23.9 Å². The lowest BCUT2D eigenvalue weighted by Gasteiger charge is -2.18. The Labute approximate surface area is 163 Å². The molecule has 0 amide bonds. The Morgan fingerprint density at radius 2 is 1.93 bits per heavy atom. The molecule has 1 aliphatic carbocycles. The van der Waals surface area contributed by atoms with Gasteiger partial charge in [0.15, 0.2) is 5.96 Å². The molecule has 6 nitrogen and oxygen atoms in total. The minimum absolute atomic E-state index is 0.449. The largest absolute Gasteiger partial charge is 0.376 e. The van der Waals surface area contributed by atoms with Gasteiger partial charge >= 0.3 is 0 Å². The predicted molar refractivity (Wildman–Crippen MR) is 111 cm³/mol. The first kappa shape index (κ1) is 19.9. The molecule has 0 atom stereocenters. The van der Waals surface area contributed by atoms with Crippen molar-refractivity contribution in [3.8, 4) is 0 Å². The average molecular weight is 374 g/mol. The molecule has 0 aromatic carbocycles. The van der Waals surface area contributed by atoms with Crippen LogP contribution < -0.4 is 15.5 Å². The minimum atomic E-state index is 0.449. The van der Waals surface area contributed by atoms with E-state index in [0.717, 1.165) is 44.6 Å². The van der Waals surface area contributed by atoms with Crippen molar-refractivity contribution < 1.29 is 4.74 Å². The zero-order valence-corrected chi connectivity index (χ0v) is 16.8. The Hall–Kier alpha value is -1.82. The van der Waals surface area contributed by atoms with Gasteiger partial charge in [-0.2, -0.15) is 0 Å². The first-order valence-electron chi connectivity index (χ1n) is 10.6. The molecule has 2 N–H and O–H groups in total. The number of nitrogens with one attached hydrogen (secondary N) is 2. The highest BCUT2D eigenvalue weighted by Crippen LogP contribution is 2.20. The van der Waals surface area contributed by atoms with Crippen LogP contribution >= 0.6 is 0 Å². The summed E-state index contributed by atoms with van der Waals surface area (Å²) < 4.78 is 6.03. The van der Waals surface area contributed by atoms with E-state index in [0.29, 0.717) is 6.10 Å². The standard InChI is InChI=1S/C21H35N5O/c1-22-21(24-12-15-27-19-8-4-2-3-5-9-19)25-17-18-10-11-23-20(16-18)26-13-6-7-14-26/h10-11,16,19H,2-9,12-15,17H2,1H3,(H2,22,24,25). The third kappa shape index (κ3) is 6.69. The van der Waals surface area contributed by atoms with Crippen LogP contribution in [0.1, 0.15) is 56.9 Å². The van der Waals surface area contributed by atoms with Crippen LogP contribution in [-0.2, 0) is 11.3 Å². The van der Waals surface area contributed by atoms with Crippen LogP contribution in [0.5, 0.6) is 0 Å². The number of aliphatic imine (C=N–C) groups is 1. The Morgan fingerprint density at radius 1 is 1.15 bits per heavy atom. The molecule has 0 unspecified atom stereocenters. The molecule has 2 heterocycles. The van der Waals surface area contributed by atoms with Crippen molar-refractivity contribution in [3.63, 3.8) is 0 Å². The van der Waals surface area contributed by atoms with E-state index in [1.54, 1.807) is 0 Å². The molecule has 27 heavy (non-hydrogen) atoms. The lowest BCUT2D eigenvalue weighted by Crippen LogP contribution is -2.39. The number of hydrogen-bond acceptors (Lipinski definition) is 4. The van der Waals surface area contributed by atoms with Gasteiger partial charge in [-0.3, -0.25) is 4.99 Å². The fourth-order valence-corrected chi connectivity index (χ4v) is 3.90. The zero-order valence-electron chi connectivity index (χ0n) is 16.8. The van der Waals surface area contributed by atoms with E-state index in [9.17, 15) is 0 Å². The quantitative estimate of drug-likeness (QED) is 0.333. The van der Waals surface area contributed by atoms with Crippen LogP contribution in [0.4, 0.5) is 5.82 Å². The van der Waals surface area contributed by atoms with E-state index < -0.39 is 0 Å². The number of rotatable bonds is 7. The van der Waals surface area contributed by atoms with Gasteiger partial charge in [0.25, 0.3) is 0 Å². The van der Waals surface area contributed by atoms with E-state index in [2.05, 4.69) is 37.6 Å². The molecule has 0 radical (unpaired) electrons. The fraction of sp³-hybridized carbons (Fsp3) is 0.714. The summed E-state index contributed by atoms with van der Waals surface area (Å²) in [6.07, 6.45) is 12.7. The third-order valence-electron chi connectivity index (χ3n) is 5.47. The molecule has 1 aliphatic heterocycles. The maximum atomic E-state index is 6.03. The Balaban J connectivity index is 1.37. The Bertz CT molecular complexity index is 578. The summed E-state index contributed by atoms with van der Waals surface area (Å²) in [5.41, 5.74) is 1.23. The van der Waals surface area contributed by atoms with Crippen LogP contribution in [0.2, 0.25) is 0 Å². The molecule has 150 valence electrons. The van der Waals surface area contributed by atoms with E-state index in [1.165, 1.54) is 56.9 Å². The molecule has 1 aromatic heterocycles. The first-order chi connectivity index (χ1) is 13.3. The second-order valence-electron chi connectivity index (χ2n) is 7.55. The van der Waals surface area contributed by atoms with Gasteiger partial charge in [0.1, 0.15) is 5.82 Å². The topological polar surface area (TPSA) is 61.8 Å². The van der Waals surface area contributed by atoms with Crippen LogP contribution in [-0.4, -0.2) is 50.3 Å². The van der Waals surface area contributed by atoms with Gasteiger partial charge in [0.05, 0.1) is 12.7 Å². The summed E-state index contributed by atoms with van der Waals surface area (Å²) in [4.78, 5) is 11.2. The van der Waals surface area contributed by atoms with E-state index >= 15 is 0 Å². The van der Waals surface area contributed by atoms with Gasteiger partial charge in [-0.1, -0.05) is 25.7 Å². The smallest absolute Gasteiger partial charge is 0.191 e. The maximum Gasteiger partial charge on any atom is 0.191 e. The number of pyridine rings is 1. The number of nitrogens with zero attached hydrogens (tertiary/aromatic N) is 3. The molecule has 3 rings (SSSR count). The Morgan fingerprint density at radius 3 is 2.67 bits per heavy atom. The maximum absolute atomic E-state index is 6.03. The fourth-order valence-electron chi connectivity index (χ4n) is 3.90. The summed E-state index contributed by atoms with van der Waals surface area (Å²) in [7, 11) is 1.81. The highest BCUT2D eigenvalue weighted by molar-refractivity contribution is 5.79. The summed E-state index contributed by atoms with van der Waals surface area (Å²) in [6, 6.07) is 4.25. The van der Waals surface area contributed by atoms with Gasteiger partial charge in [0.2, 0.25) is 0 Å². The molecule has 1 saturated heterocycles. The van der Waals surface area contributed by atoms with Crippen molar-refractivity contribution in [2.45, 2.75) is 64.0 Å². The van der Waals surface area contributed by atoms with Crippen molar-refractivity contribution in [1.29, 1.82) is 0 Å². The molecular weight excluding hydrogens is 338 g/mol. The second-order valence-corrected chi connectivity index (χ2v) is 7.55. The molecule has 1 aromatic rings. The average Bonchev–Trinajstić information content (AvgIpc) is 3.12. The Kier molecular flexibility index (Phi) is 8.21. The molecule has 0 bridgehead atoms. The number of guanidine groups is 1. The number of hydrogen-bond donors (Lipinski definition) is 2. The van der Waals surface area contributed by atoms with Crippen molar-refractivity contribution in [2.24, 2.45) is 4.99 Å². The molecule has 2 aliphatic rings. The van der Waals surface area contributed by atoms with Crippen LogP contribution in [0, 0.1) is 0 Å². The van der Waals surface area contributed by atoms with Crippen molar-refractivity contribution in [2.75, 3.05) is 38.2 Å². The zero-order chi connectivity index (χ0) is 18.7. The van der Waals surface area contributed by atoms with Gasteiger partial charge in [-0.25, -0.2) is 4.98 Å². The molecule has 2 fully saturated rings. The summed E-state index contributed by atoms with van der Waals surface area (Å²) >= 11 is 0. The lowest BCUT2D eigenvalue weighted by atomic mass is 10.1. The SMILES string of the molecule is CN=C(NCCOC1CCCCCC1)NCc1ccnc(N2CCCC2)c1. The highest BCUT2D eigenvalue weighted by Gasteiger charge is 2.14. The lowest BCUT2D eigenvalue weighted by molar-refractivity contribution is 0.0468. The van der Waals surface area contributed by atoms with E-state index in [4.69, 9.17) is 4.74 Å². The predicted octanol–water partition coefficient (Wildman–Crippen LogP) is 3.09. The van der Waals surface area contributed by atoms with E-state index in [1.807, 2.05) is 13.2 Å².